The van der Waals surface area contributed by atoms with Gasteiger partial charge in [0, 0.05) is 6.42 Å². The van der Waals surface area contributed by atoms with Gasteiger partial charge in [0.2, 0.25) is 0 Å². The molecule has 0 aliphatic heterocycles. The number of nitrogens with zero attached hydrogens (tertiary/aromatic N) is 2. The highest BCUT2D eigenvalue weighted by Gasteiger charge is 2.57. The Hall–Kier alpha value is -0.830. The van der Waals surface area contributed by atoms with Crippen LogP contribution in [-0.2, 0) is 4.84 Å². The van der Waals surface area contributed by atoms with Crippen LogP contribution in [-0.4, -0.2) is 44.4 Å². The second kappa shape index (κ2) is 7.70. The fourth-order valence-electron chi connectivity index (χ4n) is 7.56. The van der Waals surface area contributed by atoms with Gasteiger partial charge in [0.25, 0.3) is 0 Å². The molecule has 4 rings (SSSR count). The third-order valence-electron chi connectivity index (χ3n) is 9.59. The van der Waals surface area contributed by atoms with E-state index in [1.54, 1.807) is 19.7 Å². The molecule has 0 aromatic heterocycles. The molecule has 0 bridgehead atoms. The van der Waals surface area contributed by atoms with Crippen molar-refractivity contribution in [1.29, 1.82) is 0 Å². The summed E-state index contributed by atoms with van der Waals surface area (Å²) in [5, 5.41) is 4.46. The third-order valence-corrected chi connectivity index (χ3v) is 9.59. The van der Waals surface area contributed by atoms with E-state index in [1.165, 1.54) is 44.9 Å². The highest BCUT2D eigenvalue weighted by molar-refractivity contribution is 5.96. The number of hydrogen-bond donors (Lipinski definition) is 0. The minimum Gasteiger partial charge on any atom is -0.395 e. The zero-order valence-electron chi connectivity index (χ0n) is 22.5. The Morgan fingerprint density at radius 2 is 1.97 bits per heavy atom. The molecule has 3 saturated carbocycles. The number of oxime groups is 1. The molecule has 6 atom stereocenters. The molecule has 3 heteroatoms. The molecule has 0 amide bonds. The Morgan fingerprint density at radius 1 is 1.14 bits per heavy atom. The van der Waals surface area contributed by atoms with Crippen LogP contribution < -0.4 is 0 Å². The van der Waals surface area contributed by atoms with Crippen LogP contribution in [0.3, 0.4) is 0 Å². The lowest BCUT2D eigenvalue weighted by Gasteiger charge is -2.58. The Kier molecular flexibility index (Phi) is 4.73. The van der Waals surface area contributed by atoms with Crippen molar-refractivity contribution in [3.05, 3.63) is 11.6 Å². The van der Waals surface area contributed by atoms with Gasteiger partial charge in [0.1, 0.15) is 6.61 Å². The van der Waals surface area contributed by atoms with Crippen molar-refractivity contribution in [3.63, 3.8) is 0 Å². The summed E-state index contributed by atoms with van der Waals surface area (Å²) in [7, 11) is 3.50. The van der Waals surface area contributed by atoms with Crippen LogP contribution in [0.5, 0.6) is 0 Å². The maximum absolute atomic E-state index is 7.63. The van der Waals surface area contributed by atoms with E-state index in [1.807, 2.05) is 0 Å². The van der Waals surface area contributed by atoms with Crippen LogP contribution in [0, 0.1) is 34.5 Å². The second-order valence-corrected chi connectivity index (χ2v) is 11.7. The van der Waals surface area contributed by atoms with Gasteiger partial charge in [-0.25, -0.2) is 0 Å². The molecule has 0 heterocycles. The van der Waals surface area contributed by atoms with E-state index in [4.69, 9.17) is 8.95 Å². The smallest absolute Gasteiger partial charge is 0.122 e. The lowest BCUT2D eigenvalue weighted by atomic mass is 9.47. The van der Waals surface area contributed by atoms with E-state index >= 15 is 0 Å². The van der Waals surface area contributed by atoms with Crippen molar-refractivity contribution in [1.82, 2.24) is 0 Å². The summed E-state index contributed by atoms with van der Waals surface area (Å²) in [5.41, 5.74) is 3.62. The highest BCUT2D eigenvalue weighted by atomic mass is 16.6. The minimum atomic E-state index is -1.99. The monoisotopic (exact) mass is 404 g/mol. The van der Waals surface area contributed by atoms with Crippen molar-refractivity contribution in [2.45, 2.75) is 78.6 Å². The van der Waals surface area contributed by atoms with Crippen LogP contribution >= 0.6 is 0 Å². The topological polar surface area (TPSA) is 21.6 Å². The van der Waals surface area contributed by atoms with Gasteiger partial charge in [-0.1, -0.05) is 31.5 Å². The number of quaternary nitrogens is 1. The van der Waals surface area contributed by atoms with E-state index in [9.17, 15) is 0 Å². The second-order valence-electron chi connectivity index (χ2n) is 11.7. The fourth-order valence-corrected chi connectivity index (χ4v) is 7.56. The molecule has 29 heavy (non-hydrogen) atoms. The van der Waals surface area contributed by atoms with Gasteiger partial charge < -0.3 is 9.32 Å². The van der Waals surface area contributed by atoms with Crippen molar-refractivity contribution in [2.24, 2.45) is 39.7 Å². The predicted octanol–water partition coefficient (Wildman–Crippen LogP) is 6.05. The molecule has 4 aliphatic rings. The van der Waals surface area contributed by atoms with Crippen LogP contribution in [0.4, 0.5) is 0 Å². The molecule has 0 saturated heterocycles. The zero-order valence-corrected chi connectivity index (χ0v) is 19.5. The van der Waals surface area contributed by atoms with Crippen LogP contribution in [0.2, 0.25) is 0 Å². The van der Waals surface area contributed by atoms with E-state index in [2.05, 4.69) is 32.0 Å². The summed E-state index contributed by atoms with van der Waals surface area (Å²) in [4.78, 5) is 5.63. The SMILES string of the molecule is [2H]C([2H])([2H])[N+](C)(C)CCCO/N=C1\C=C2CC[C@H]3[C@@H]4CC[C@H](C)[C@@]4(C)CC[C@@H]3[C@@]2(C)CC1. The first-order chi connectivity index (χ1) is 14.9. The molecule has 3 nitrogen and oxygen atoms in total. The standard InChI is InChI=1S/C26H45N2O/c1-19-8-11-23-22-10-9-20-18-21(27-29-17-7-16-28(4,5)6)12-14-26(20,3)24(22)13-15-25(19,23)2/h18-19,22-24H,7-17H2,1-6H3/q+1/b27-21-/t19-,22-,23-,24-,25+,26-/m0/s1/i4D3. The molecule has 3 fully saturated rings. The molecule has 0 N–H and O–H groups in total. The molecular weight excluding hydrogens is 356 g/mol. The summed E-state index contributed by atoms with van der Waals surface area (Å²) in [5.74, 6) is 3.58. The first-order valence-corrected chi connectivity index (χ1v) is 12.1. The summed E-state index contributed by atoms with van der Waals surface area (Å²) >= 11 is 0. The van der Waals surface area contributed by atoms with Crippen LogP contribution in [0.1, 0.15) is 82.7 Å². The van der Waals surface area contributed by atoms with Gasteiger partial charge in [0.15, 0.2) is 0 Å². The first-order valence-electron chi connectivity index (χ1n) is 13.6. The number of allylic oxidation sites excluding steroid dienone is 2. The summed E-state index contributed by atoms with van der Waals surface area (Å²) in [6, 6.07) is 0. The predicted molar refractivity (Wildman–Crippen MR) is 122 cm³/mol. The van der Waals surface area contributed by atoms with Crippen LogP contribution in [0.25, 0.3) is 0 Å². The summed E-state index contributed by atoms with van der Waals surface area (Å²) in [6.07, 6.45) is 13.5. The average Bonchev–Trinajstić information content (AvgIpc) is 3.01. The van der Waals surface area contributed by atoms with Gasteiger partial charge in [-0.15, -0.1) is 0 Å². The highest BCUT2D eigenvalue weighted by Crippen LogP contribution is 2.66. The zero-order chi connectivity index (χ0) is 23.4. The van der Waals surface area contributed by atoms with Crippen molar-refractivity contribution < 1.29 is 13.4 Å². The normalized spacial score (nSPS) is 45.3. The molecule has 0 aromatic carbocycles. The van der Waals surface area contributed by atoms with Crippen molar-refractivity contribution in [2.75, 3.05) is 34.2 Å². The first kappa shape index (κ1) is 17.8. The van der Waals surface area contributed by atoms with Crippen molar-refractivity contribution >= 4 is 5.71 Å². The van der Waals surface area contributed by atoms with E-state index in [-0.39, 0.29) is 4.48 Å². The maximum atomic E-state index is 7.63. The Labute approximate surface area is 183 Å². The Morgan fingerprint density at radius 3 is 2.76 bits per heavy atom. The lowest BCUT2D eigenvalue weighted by molar-refractivity contribution is -0.870. The molecule has 164 valence electrons. The van der Waals surface area contributed by atoms with Gasteiger partial charge in [-0.05, 0) is 91.9 Å². The lowest BCUT2D eigenvalue weighted by Crippen LogP contribution is -2.50. The van der Waals surface area contributed by atoms with E-state index in [0.717, 1.165) is 35.8 Å². The average molecular weight is 405 g/mol. The fraction of sp³-hybridized carbons (Fsp3) is 0.885. The molecule has 0 unspecified atom stereocenters. The summed E-state index contributed by atoms with van der Waals surface area (Å²) < 4.78 is 22.9. The molecule has 0 aromatic rings. The van der Waals surface area contributed by atoms with Gasteiger partial charge in [-0.3, -0.25) is 0 Å². The Balaban J connectivity index is 1.37. The van der Waals surface area contributed by atoms with Crippen LogP contribution in [0.15, 0.2) is 16.8 Å². The maximum Gasteiger partial charge on any atom is 0.122 e. The van der Waals surface area contributed by atoms with Crippen molar-refractivity contribution in [3.8, 4) is 0 Å². The number of fused-ring (bicyclic) bond motifs is 5. The molecule has 4 aliphatic carbocycles. The minimum absolute atomic E-state index is 0.0106. The molecule has 0 radical (unpaired) electrons. The quantitative estimate of drug-likeness (QED) is 0.310. The Bertz CT molecular complexity index is 774. The largest absolute Gasteiger partial charge is 0.395 e. The van der Waals surface area contributed by atoms with Gasteiger partial charge in [0.05, 0.1) is 37.4 Å². The summed E-state index contributed by atoms with van der Waals surface area (Å²) in [6.45, 7) is 6.69. The number of rotatable bonds is 5. The molecule has 0 spiro atoms. The van der Waals surface area contributed by atoms with Gasteiger partial charge in [-0.2, -0.15) is 0 Å². The van der Waals surface area contributed by atoms with E-state index < -0.39 is 6.98 Å². The van der Waals surface area contributed by atoms with Gasteiger partial charge >= 0.3 is 0 Å². The third kappa shape index (κ3) is 3.93. The van der Waals surface area contributed by atoms with E-state index in [0.29, 0.717) is 30.4 Å². The number of hydrogen-bond acceptors (Lipinski definition) is 2. The molecular formula is C26H45N2O+.